The third kappa shape index (κ3) is 5.61. The molecule has 0 unspecified atom stereocenters. The lowest BCUT2D eigenvalue weighted by Gasteiger charge is -2.15. The Balaban J connectivity index is 2.65. The van der Waals surface area contributed by atoms with Gasteiger partial charge in [0.2, 0.25) is 0 Å². The number of ether oxygens (including phenoxy) is 2. The Morgan fingerprint density at radius 1 is 1.37 bits per heavy atom. The Morgan fingerprint density at radius 2 is 2.05 bits per heavy atom. The Hall–Kier alpha value is -1.08. The van der Waals surface area contributed by atoms with Gasteiger partial charge in [0.25, 0.3) is 0 Å². The van der Waals surface area contributed by atoms with Crippen LogP contribution in [0.3, 0.4) is 0 Å². The SMILES string of the molecule is COc1ccc([C@@H](C)N)c(OCCSC(F)(F)F)c1. The van der Waals surface area contributed by atoms with Crippen LogP contribution in [0, 0.1) is 0 Å². The van der Waals surface area contributed by atoms with Gasteiger partial charge in [0.15, 0.2) is 0 Å². The third-order valence-corrected chi connectivity index (χ3v) is 3.02. The highest BCUT2D eigenvalue weighted by Crippen LogP contribution is 2.31. The van der Waals surface area contributed by atoms with Crippen molar-refractivity contribution in [1.29, 1.82) is 0 Å². The van der Waals surface area contributed by atoms with E-state index in [1.807, 2.05) is 0 Å². The fourth-order valence-corrected chi connectivity index (χ4v) is 1.85. The summed E-state index contributed by atoms with van der Waals surface area (Å²) in [5.41, 5.74) is 2.27. The van der Waals surface area contributed by atoms with Crippen LogP contribution in [-0.2, 0) is 0 Å². The lowest BCUT2D eigenvalue weighted by Crippen LogP contribution is -2.11. The van der Waals surface area contributed by atoms with Crippen molar-refractivity contribution in [2.24, 2.45) is 5.73 Å². The predicted molar refractivity (Wildman–Crippen MR) is 69.6 cm³/mol. The van der Waals surface area contributed by atoms with Gasteiger partial charge >= 0.3 is 5.51 Å². The summed E-state index contributed by atoms with van der Waals surface area (Å²) >= 11 is -0.110. The van der Waals surface area contributed by atoms with E-state index in [2.05, 4.69) is 0 Å². The Kier molecular flexibility index (Phi) is 5.81. The topological polar surface area (TPSA) is 44.5 Å². The quantitative estimate of drug-likeness (QED) is 0.817. The van der Waals surface area contributed by atoms with Gasteiger partial charge in [-0.2, -0.15) is 13.2 Å². The predicted octanol–water partition coefficient (Wildman–Crippen LogP) is 3.35. The van der Waals surface area contributed by atoms with Crippen LogP contribution >= 0.6 is 11.8 Å². The number of hydrogen-bond acceptors (Lipinski definition) is 4. The van der Waals surface area contributed by atoms with Crippen LogP contribution in [0.4, 0.5) is 13.2 Å². The summed E-state index contributed by atoms with van der Waals surface area (Å²) in [6, 6.07) is 4.83. The number of hydrogen-bond donors (Lipinski definition) is 1. The molecule has 1 atom stereocenters. The van der Waals surface area contributed by atoms with Gasteiger partial charge in [-0.15, -0.1) is 0 Å². The fraction of sp³-hybridized carbons (Fsp3) is 0.500. The number of benzene rings is 1. The molecule has 0 aliphatic heterocycles. The molecule has 19 heavy (non-hydrogen) atoms. The summed E-state index contributed by atoms with van der Waals surface area (Å²) in [4.78, 5) is 0. The molecule has 7 heteroatoms. The van der Waals surface area contributed by atoms with Gasteiger partial charge < -0.3 is 15.2 Å². The Labute approximate surface area is 114 Å². The van der Waals surface area contributed by atoms with Gasteiger partial charge in [-0.05, 0) is 24.8 Å². The molecule has 0 fully saturated rings. The van der Waals surface area contributed by atoms with Crippen LogP contribution in [0.15, 0.2) is 18.2 Å². The lowest BCUT2D eigenvalue weighted by atomic mass is 10.1. The van der Waals surface area contributed by atoms with Crippen molar-refractivity contribution in [3.8, 4) is 11.5 Å². The van der Waals surface area contributed by atoms with Gasteiger partial charge in [0, 0.05) is 23.4 Å². The number of thioether (sulfide) groups is 1. The minimum atomic E-state index is -4.23. The van der Waals surface area contributed by atoms with E-state index in [0.29, 0.717) is 11.5 Å². The summed E-state index contributed by atoms with van der Waals surface area (Å²) in [5.74, 6) is 0.860. The minimum absolute atomic E-state index is 0.0446. The Bertz CT molecular complexity index is 410. The molecule has 2 N–H and O–H groups in total. The summed E-state index contributed by atoms with van der Waals surface area (Å²) < 4.78 is 46.3. The number of rotatable bonds is 6. The third-order valence-electron chi connectivity index (χ3n) is 2.32. The number of halogens is 3. The molecule has 1 rings (SSSR count). The second-order valence-electron chi connectivity index (χ2n) is 3.84. The zero-order valence-electron chi connectivity index (χ0n) is 10.7. The fourth-order valence-electron chi connectivity index (χ4n) is 1.45. The average Bonchev–Trinajstić information content (AvgIpc) is 2.33. The molecular weight excluding hydrogens is 279 g/mol. The highest BCUT2D eigenvalue weighted by Gasteiger charge is 2.27. The van der Waals surface area contributed by atoms with Crippen molar-refractivity contribution in [1.82, 2.24) is 0 Å². The largest absolute Gasteiger partial charge is 0.497 e. The van der Waals surface area contributed by atoms with E-state index >= 15 is 0 Å². The minimum Gasteiger partial charge on any atom is -0.497 e. The van der Waals surface area contributed by atoms with Crippen LogP contribution < -0.4 is 15.2 Å². The summed E-state index contributed by atoms with van der Waals surface area (Å²) in [5, 5.41) is 0. The molecule has 0 heterocycles. The van der Waals surface area contributed by atoms with Gasteiger partial charge in [-0.1, -0.05) is 6.07 Å². The zero-order valence-corrected chi connectivity index (χ0v) is 11.5. The summed E-state index contributed by atoms with van der Waals surface area (Å²) in [6.45, 7) is 1.73. The van der Waals surface area contributed by atoms with E-state index < -0.39 is 5.51 Å². The monoisotopic (exact) mass is 295 g/mol. The maximum atomic E-state index is 12.0. The lowest BCUT2D eigenvalue weighted by molar-refractivity contribution is -0.0329. The average molecular weight is 295 g/mol. The van der Waals surface area contributed by atoms with Gasteiger partial charge in [0.05, 0.1) is 13.7 Å². The maximum absolute atomic E-state index is 12.0. The molecule has 108 valence electrons. The van der Waals surface area contributed by atoms with Crippen molar-refractivity contribution < 1.29 is 22.6 Å². The van der Waals surface area contributed by atoms with Crippen molar-refractivity contribution in [2.45, 2.75) is 18.5 Å². The maximum Gasteiger partial charge on any atom is 0.441 e. The second-order valence-corrected chi connectivity index (χ2v) is 4.99. The normalized spacial score (nSPS) is 13.2. The second kappa shape index (κ2) is 6.91. The first-order valence-electron chi connectivity index (χ1n) is 5.60. The van der Waals surface area contributed by atoms with E-state index in [9.17, 15) is 13.2 Å². The number of nitrogens with two attached hydrogens (primary N) is 1. The molecular formula is C12H16F3NO2S. The number of methoxy groups -OCH3 is 1. The van der Waals surface area contributed by atoms with E-state index in [0.717, 1.165) is 5.56 Å². The smallest absolute Gasteiger partial charge is 0.441 e. The molecule has 1 aromatic carbocycles. The van der Waals surface area contributed by atoms with Crippen LogP contribution in [0.2, 0.25) is 0 Å². The standard InChI is InChI=1S/C12H16F3NO2S/c1-8(16)10-4-3-9(17-2)7-11(10)18-5-6-19-12(13,14)15/h3-4,7-8H,5-6,16H2,1-2H3/t8-/m1/s1. The van der Waals surface area contributed by atoms with Gasteiger partial charge in [0.1, 0.15) is 11.5 Å². The highest BCUT2D eigenvalue weighted by molar-refractivity contribution is 8.00. The summed E-state index contributed by atoms with van der Waals surface area (Å²) in [7, 11) is 1.50. The van der Waals surface area contributed by atoms with Crippen LogP contribution in [0.5, 0.6) is 11.5 Å². The molecule has 0 aliphatic carbocycles. The highest BCUT2D eigenvalue weighted by atomic mass is 32.2. The first-order valence-corrected chi connectivity index (χ1v) is 6.59. The van der Waals surface area contributed by atoms with Crippen LogP contribution in [-0.4, -0.2) is 25.0 Å². The first kappa shape index (κ1) is 16.0. The van der Waals surface area contributed by atoms with Gasteiger partial charge in [-0.3, -0.25) is 0 Å². The molecule has 0 aromatic heterocycles. The molecule has 0 amide bonds. The van der Waals surface area contributed by atoms with Gasteiger partial charge in [-0.25, -0.2) is 0 Å². The van der Waals surface area contributed by atoms with Crippen molar-refractivity contribution in [3.63, 3.8) is 0 Å². The zero-order chi connectivity index (χ0) is 14.5. The molecule has 0 bridgehead atoms. The van der Waals surface area contributed by atoms with E-state index in [1.54, 1.807) is 25.1 Å². The van der Waals surface area contributed by atoms with E-state index in [1.165, 1.54) is 7.11 Å². The Morgan fingerprint density at radius 3 is 2.58 bits per heavy atom. The van der Waals surface area contributed by atoms with Crippen molar-refractivity contribution in [3.05, 3.63) is 23.8 Å². The van der Waals surface area contributed by atoms with Crippen molar-refractivity contribution >= 4 is 11.8 Å². The summed E-state index contributed by atoms with van der Waals surface area (Å²) in [6.07, 6.45) is 0. The molecule has 0 spiro atoms. The van der Waals surface area contributed by atoms with Crippen LogP contribution in [0.25, 0.3) is 0 Å². The number of alkyl halides is 3. The molecule has 0 saturated heterocycles. The molecule has 0 saturated carbocycles. The first-order chi connectivity index (χ1) is 8.83. The molecule has 0 aliphatic rings. The van der Waals surface area contributed by atoms with Crippen molar-refractivity contribution in [2.75, 3.05) is 19.5 Å². The van der Waals surface area contributed by atoms with E-state index in [-0.39, 0.29) is 30.2 Å². The molecule has 0 radical (unpaired) electrons. The van der Waals surface area contributed by atoms with Crippen LogP contribution in [0.1, 0.15) is 18.5 Å². The molecule has 1 aromatic rings. The van der Waals surface area contributed by atoms with E-state index in [4.69, 9.17) is 15.2 Å². The molecule has 3 nitrogen and oxygen atoms in total.